The summed E-state index contributed by atoms with van der Waals surface area (Å²) in [6.07, 6.45) is 0. The Labute approximate surface area is 129 Å². The van der Waals surface area contributed by atoms with Gasteiger partial charge in [0.05, 0.1) is 18.6 Å². The van der Waals surface area contributed by atoms with Crippen LogP contribution in [0.1, 0.15) is 28.5 Å². The number of aromatic amines is 1. The highest BCUT2D eigenvalue weighted by molar-refractivity contribution is 5.98. The molecule has 3 rings (SSSR count). The minimum Gasteiger partial charge on any atom is -0.506 e. The quantitative estimate of drug-likeness (QED) is 0.801. The molecule has 0 atom stereocenters. The van der Waals surface area contributed by atoms with Crippen molar-refractivity contribution in [2.75, 3.05) is 26.3 Å². The molecule has 3 N–H and O–H groups in total. The Bertz CT molecular complexity index is 721. The number of aryl methyl sites for hydroxylation is 1. The fourth-order valence-electron chi connectivity index (χ4n) is 2.99. The Morgan fingerprint density at radius 2 is 2.09 bits per heavy atom. The van der Waals surface area contributed by atoms with Crippen molar-refractivity contribution < 1.29 is 24.5 Å². The largest absolute Gasteiger partial charge is 0.506 e. The van der Waals surface area contributed by atoms with E-state index < -0.39 is 0 Å². The number of morpholine rings is 1. The summed E-state index contributed by atoms with van der Waals surface area (Å²) in [6, 6.07) is 5.40. The standard InChI is InChI=1S/C17H20N2O3/c1-11-15(10-19-5-7-22-8-6-19)17(21)14-9-13(12(2)20)3-4-16(14)18-11/h3-4,9H,5-8,10H2,1-2H3,(H,18,21)/p+2. The number of H-pyrrole nitrogens is 1. The number of benzene rings is 1. The number of carbonyl (C=O) groups is 1. The van der Waals surface area contributed by atoms with E-state index in [1.807, 2.05) is 13.0 Å². The number of rotatable bonds is 3. The summed E-state index contributed by atoms with van der Waals surface area (Å²) in [7, 11) is 0. The lowest BCUT2D eigenvalue weighted by molar-refractivity contribution is -0.921. The molecule has 116 valence electrons. The first-order valence-corrected chi connectivity index (χ1v) is 7.66. The maximum absolute atomic E-state index is 11.6. The third-order valence-electron chi connectivity index (χ3n) is 4.37. The first kappa shape index (κ1) is 14.9. The van der Waals surface area contributed by atoms with E-state index in [9.17, 15) is 9.90 Å². The van der Waals surface area contributed by atoms with Crippen LogP contribution in [0.3, 0.4) is 0 Å². The SMILES string of the molecule is CC(=O)c1ccc2[nH+]c(C)c(C[NH+]3CCOCC3)c(O)c2c1. The molecule has 2 aromatic rings. The molecule has 22 heavy (non-hydrogen) atoms. The van der Waals surface area contributed by atoms with E-state index in [-0.39, 0.29) is 11.5 Å². The number of fused-ring (bicyclic) bond motifs is 1. The number of pyridine rings is 1. The molecular weight excluding hydrogens is 280 g/mol. The summed E-state index contributed by atoms with van der Waals surface area (Å²) in [6.45, 7) is 7.70. The van der Waals surface area contributed by atoms with Gasteiger partial charge in [-0.3, -0.25) is 4.79 Å². The first-order chi connectivity index (χ1) is 10.6. The van der Waals surface area contributed by atoms with E-state index in [4.69, 9.17) is 4.74 Å². The Hall–Kier alpha value is -1.98. The van der Waals surface area contributed by atoms with Gasteiger partial charge in [-0.15, -0.1) is 0 Å². The van der Waals surface area contributed by atoms with Crippen molar-refractivity contribution >= 4 is 16.7 Å². The van der Waals surface area contributed by atoms with Crippen molar-refractivity contribution in [2.24, 2.45) is 0 Å². The Morgan fingerprint density at radius 1 is 1.36 bits per heavy atom. The highest BCUT2D eigenvalue weighted by Crippen LogP contribution is 2.28. The third kappa shape index (κ3) is 2.82. The number of ether oxygens (including phenoxy) is 1. The van der Waals surface area contributed by atoms with Crippen molar-refractivity contribution in [2.45, 2.75) is 20.4 Å². The zero-order chi connectivity index (χ0) is 15.7. The van der Waals surface area contributed by atoms with Crippen LogP contribution in [-0.4, -0.2) is 37.2 Å². The van der Waals surface area contributed by atoms with Crippen LogP contribution in [0.15, 0.2) is 18.2 Å². The van der Waals surface area contributed by atoms with Crippen LogP contribution >= 0.6 is 0 Å². The number of aromatic hydroxyl groups is 1. The van der Waals surface area contributed by atoms with Gasteiger partial charge in [-0.2, -0.15) is 0 Å². The third-order valence-corrected chi connectivity index (χ3v) is 4.37. The number of quaternary nitrogens is 1. The van der Waals surface area contributed by atoms with Gasteiger partial charge in [-0.1, -0.05) is 0 Å². The van der Waals surface area contributed by atoms with Gasteiger partial charge in [-0.25, -0.2) is 4.98 Å². The summed E-state index contributed by atoms with van der Waals surface area (Å²) in [4.78, 5) is 16.3. The fraction of sp³-hybridized carbons (Fsp3) is 0.412. The molecule has 0 bridgehead atoms. The molecule has 2 heterocycles. The van der Waals surface area contributed by atoms with Crippen molar-refractivity contribution in [3.8, 4) is 5.75 Å². The number of carbonyl (C=O) groups excluding carboxylic acids is 1. The number of aromatic nitrogens is 1. The molecule has 1 fully saturated rings. The van der Waals surface area contributed by atoms with Gasteiger partial charge < -0.3 is 14.7 Å². The van der Waals surface area contributed by atoms with Crippen LogP contribution in [0.4, 0.5) is 0 Å². The normalized spacial score (nSPS) is 16.1. The van der Waals surface area contributed by atoms with Gasteiger partial charge in [0.25, 0.3) is 0 Å². The summed E-state index contributed by atoms with van der Waals surface area (Å²) in [5.41, 5.74) is 3.36. The summed E-state index contributed by atoms with van der Waals surface area (Å²) in [5, 5.41) is 11.4. The smallest absolute Gasteiger partial charge is 0.214 e. The number of Topliss-reactive ketones (excluding diaryl/α,β-unsaturated/α-hetero) is 1. The number of ketones is 1. The maximum Gasteiger partial charge on any atom is 0.214 e. The van der Waals surface area contributed by atoms with Crippen molar-refractivity contribution in [3.63, 3.8) is 0 Å². The lowest BCUT2D eigenvalue weighted by Gasteiger charge is -2.24. The van der Waals surface area contributed by atoms with Gasteiger partial charge in [0.2, 0.25) is 5.52 Å². The van der Waals surface area contributed by atoms with E-state index in [0.717, 1.165) is 49.6 Å². The maximum atomic E-state index is 11.6. The van der Waals surface area contributed by atoms with E-state index in [1.54, 1.807) is 12.1 Å². The lowest BCUT2D eigenvalue weighted by Crippen LogP contribution is -3.12. The number of hydrogen-bond acceptors (Lipinski definition) is 3. The lowest BCUT2D eigenvalue weighted by atomic mass is 10.0. The van der Waals surface area contributed by atoms with E-state index >= 15 is 0 Å². The predicted molar refractivity (Wildman–Crippen MR) is 82.1 cm³/mol. The minimum atomic E-state index is 0.00206. The molecule has 1 aromatic heterocycles. The van der Waals surface area contributed by atoms with Crippen LogP contribution in [0.2, 0.25) is 0 Å². The second-order valence-electron chi connectivity index (χ2n) is 5.93. The Morgan fingerprint density at radius 3 is 2.77 bits per heavy atom. The van der Waals surface area contributed by atoms with Crippen LogP contribution in [0, 0.1) is 6.92 Å². The Balaban J connectivity index is 2.03. The topological polar surface area (TPSA) is 65.1 Å². The molecule has 0 unspecified atom stereocenters. The summed E-state index contributed by atoms with van der Waals surface area (Å²) >= 11 is 0. The molecule has 0 saturated carbocycles. The molecule has 5 heteroatoms. The second kappa shape index (κ2) is 6.02. The molecule has 5 nitrogen and oxygen atoms in total. The van der Waals surface area contributed by atoms with Crippen LogP contribution in [0.5, 0.6) is 5.75 Å². The molecule has 0 aliphatic carbocycles. The van der Waals surface area contributed by atoms with E-state index in [1.165, 1.54) is 11.8 Å². The number of hydrogen-bond donors (Lipinski definition) is 2. The highest BCUT2D eigenvalue weighted by Gasteiger charge is 2.23. The average Bonchev–Trinajstić information content (AvgIpc) is 2.52. The monoisotopic (exact) mass is 302 g/mol. The van der Waals surface area contributed by atoms with Crippen molar-refractivity contribution in [3.05, 3.63) is 35.0 Å². The molecular formula is C17H22N2O3+2. The van der Waals surface area contributed by atoms with Crippen LogP contribution in [0.25, 0.3) is 10.9 Å². The molecule has 0 spiro atoms. The van der Waals surface area contributed by atoms with Gasteiger partial charge in [0.15, 0.2) is 11.5 Å². The van der Waals surface area contributed by atoms with E-state index in [0.29, 0.717) is 10.9 Å². The summed E-state index contributed by atoms with van der Waals surface area (Å²) < 4.78 is 5.38. The molecule has 1 aliphatic heterocycles. The number of nitrogens with one attached hydrogen (secondary N) is 2. The average molecular weight is 302 g/mol. The van der Waals surface area contributed by atoms with Gasteiger partial charge in [0.1, 0.15) is 30.9 Å². The van der Waals surface area contributed by atoms with Crippen LogP contribution in [-0.2, 0) is 11.3 Å². The van der Waals surface area contributed by atoms with Crippen LogP contribution < -0.4 is 9.88 Å². The molecule has 1 aromatic carbocycles. The fourth-order valence-corrected chi connectivity index (χ4v) is 2.99. The first-order valence-electron chi connectivity index (χ1n) is 7.66. The predicted octanol–water partition coefficient (Wildman–Crippen LogP) is 0.286. The zero-order valence-electron chi connectivity index (χ0n) is 13.0. The second-order valence-corrected chi connectivity index (χ2v) is 5.93. The summed E-state index contributed by atoms with van der Waals surface area (Å²) in [5.74, 6) is 0.288. The van der Waals surface area contributed by atoms with Gasteiger partial charge in [0, 0.05) is 18.6 Å². The minimum absolute atomic E-state index is 0.00206. The zero-order valence-corrected chi connectivity index (χ0v) is 13.0. The van der Waals surface area contributed by atoms with Crippen molar-refractivity contribution in [1.29, 1.82) is 0 Å². The molecule has 1 saturated heterocycles. The highest BCUT2D eigenvalue weighted by atomic mass is 16.5. The molecule has 0 amide bonds. The van der Waals surface area contributed by atoms with Crippen molar-refractivity contribution in [1.82, 2.24) is 0 Å². The molecule has 1 aliphatic rings. The van der Waals surface area contributed by atoms with Gasteiger partial charge in [-0.05, 0) is 19.1 Å². The van der Waals surface area contributed by atoms with E-state index in [2.05, 4.69) is 4.98 Å². The molecule has 0 radical (unpaired) electrons. The Kier molecular flexibility index (Phi) is 4.09. The van der Waals surface area contributed by atoms with Gasteiger partial charge >= 0.3 is 0 Å².